The van der Waals surface area contributed by atoms with Gasteiger partial charge in [0.2, 0.25) is 0 Å². The van der Waals surface area contributed by atoms with Crippen molar-refractivity contribution in [2.24, 2.45) is 0 Å². The summed E-state index contributed by atoms with van der Waals surface area (Å²) in [5.74, 6) is 0.725. The summed E-state index contributed by atoms with van der Waals surface area (Å²) < 4.78 is 5.38. The van der Waals surface area contributed by atoms with Crippen LogP contribution in [-0.2, 0) is 16.6 Å². The Morgan fingerprint density at radius 2 is 1.92 bits per heavy atom. The molecule has 0 bridgehead atoms. The van der Waals surface area contributed by atoms with Crippen LogP contribution in [0.3, 0.4) is 0 Å². The number of likely N-dealkylation sites (tertiary alicyclic amines) is 1. The van der Waals surface area contributed by atoms with Crippen molar-refractivity contribution in [3.8, 4) is 0 Å². The number of nitrogens with zero attached hydrogens (tertiary/aromatic N) is 2. The number of ketones is 1. The molecule has 2 heterocycles. The first-order valence-electron chi connectivity index (χ1n) is 9.21. The van der Waals surface area contributed by atoms with Crippen molar-refractivity contribution in [3.05, 3.63) is 53.4 Å². The topological polar surface area (TPSA) is 63.4 Å². The molecule has 1 aliphatic heterocycles. The maximum atomic E-state index is 12.9. The van der Waals surface area contributed by atoms with Gasteiger partial charge in [0.05, 0.1) is 18.2 Å². The predicted molar refractivity (Wildman–Crippen MR) is 99.0 cm³/mol. The van der Waals surface area contributed by atoms with Crippen LogP contribution in [0.25, 0.3) is 0 Å². The van der Waals surface area contributed by atoms with E-state index in [9.17, 15) is 9.59 Å². The monoisotopic (exact) mass is 354 g/mol. The van der Waals surface area contributed by atoms with E-state index in [2.05, 4.69) is 5.16 Å². The van der Waals surface area contributed by atoms with Gasteiger partial charge in [-0.1, -0.05) is 44.1 Å². The fourth-order valence-electron chi connectivity index (χ4n) is 3.30. The quantitative estimate of drug-likeness (QED) is 0.838. The SMILES string of the molecule is CC(C)(C)c1cc(CC(=O)[C@@H]2CCCCN2C(=O)c2ccccc2)no1. The molecule has 5 nitrogen and oxygen atoms in total. The summed E-state index contributed by atoms with van der Waals surface area (Å²) in [4.78, 5) is 27.5. The van der Waals surface area contributed by atoms with E-state index in [1.54, 1.807) is 17.0 Å². The minimum atomic E-state index is -0.383. The summed E-state index contributed by atoms with van der Waals surface area (Å²) in [6.07, 6.45) is 2.80. The molecule has 1 aliphatic rings. The van der Waals surface area contributed by atoms with Crippen molar-refractivity contribution >= 4 is 11.7 Å². The molecule has 0 aliphatic carbocycles. The first-order valence-corrected chi connectivity index (χ1v) is 9.21. The van der Waals surface area contributed by atoms with Crippen LogP contribution in [0.1, 0.15) is 61.8 Å². The number of carbonyl (C=O) groups is 2. The molecule has 0 saturated carbocycles. The molecule has 26 heavy (non-hydrogen) atoms. The molecule has 5 heteroatoms. The van der Waals surface area contributed by atoms with Gasteiger partial charge in [-0.25, -0.2) is 0 Å². The Morgan fingerprint density at radius 3 is 2.58 bits per heavy atom. The van der Waals surface area contributed by atoms with Gasteiger partial charge in [-0.05, 0) is 31.4 Å². The Bertz CT molecular complexity index is 774. The first-order chi connectivity index (χ1) is 12.4. The number of carbonyl (C=O) groups excluding carboxylic acids is 2. The van der Waals surface area contributed by atoms with E-state index in [4.69, 9.17) is 4.52 Å². The summed E-state index contributed by atoms with van der Waals surface area (Å²) in [7, 11) is 0. The van der Waals surface area contributed by atoms with Crippen LogP contribution in [0, 0.1) is 0 Å². The van der Waals surface area contributed by atoms with Crippen LogP contribution in [0.2, 0.25) is 0 Å². The van der Waals surface area contributed by atoms with E-state index >= 15 is 0 Å². The van der Waals surface area contributed by atoms with E-state index in [1.807, 2.05) is 45.0 Å². The van der Waals surface area contributed by atoms with E-state index < -0.39 is 0 Å². The van der Waals surface area contributed by atoms with Gasteiger partial charge >= 0.3 is 0 Å². The molecular formula is C21H26N2O3. The van der Waals surface area contributed by atoms with Crippen molar-refractivity contribution in [2.45, 2.75) is 57.9 Å². The molecule has 1 aromatic carbocycles. The van der Waals surface area contributed by atoms with Crippen LogP contribution in [0.5, 0.6) is 0 Å². The Kier molecular flexibility index (Phi) is 5.25. The molecular weight excluding hydrogens is 328 g/mol. The van der Waals surface area contributed by atoms with Crippen molar-refractivity contribution in [1.82, 2.24) is 10.1 Å². The molecule has 1 aromatic heterocycles. The number of Topliss-reactive ketones (excluding diaryl/α,β-unsaturated/α-hetero) is 1. The minimum Gasteiger partial charge on any atom is -0.361 e. The zero-order valence-corrected chi connectivity index (χ0v) is 15.7. The molecule has 3 rings (SSSR count). The molecule has 0 radical (unpaired) electrons. The highest BCUT2D eigenvalue weighted by atomic mass is 16.5. The van der Waals surface area contributed by atoms with Crippen molar-refractivity contribution < 1.29 is 14.1 Å². The van der Waals surface area contributed by atoms with Crippen molar-refractivity contribution in [1.29, 1.82) is 0 Å². The Morgan fingerprint density at radius 1 is 1.19 bits per heavy atom. The van der Waals surface area contributed by atoms with Gasteiger partial charge in [-0.15, -0.1) is 0 Å². The number of benzene rings is 1. The van der Waals surface area contributed by atoms with E-state index in [-0.39, 0.29) is 29.6 Å². The Balaban J connectivity index is 1.74. The second kappa shape index (κ2) is 7.44. The maximum absolute atomic E-state index is 12.9. The first kappa shape index (κ1) is 18.4. The molecule has 1 fully saturated rings. The fraction of sp³-hybridized carbons (Fsp3) is 0.476. The summed E-state index contributed by atoms with van der Waals surface area (Å²) in [6, 6.07) is 10.6. The van der Waals surface area contributed by atoms with Crippen molar-refractivity contribution in [2.75, 3.05) is 6.54 Å². The summed E-state index contributed by atoms with van der Waals surface area (Å²) >= 11 is 0. The average molecular weight is 354 g/mol. The highest BCUT2D eigenvalue weighted by molar-refractivity contribution is 5.98. The highest BCUT2D eigenvalue weighted by Crippen LogP contribution is 2.25. The lowest BCUT2D eigenvalue weighted by Gasteiger charge is -2.34. The van der Waals surface area contributed by atoms with Gasteiger partial charge in [0, 0.05) is 23.6 Å². The van der Waals surface area contributed by atoms with E-state index in [1.165, 1.54) is 0 Å². The molecule has 1 atom stereocenters. The van der Waals surface area contributed by atoms with E-state index in [0.29, 0.717) is 24.2 Å². The third-order valence-corrected chi connectivity index (χ3v) is 4.81. The molecule has 1 saturated heterocycles. The third-order valence-electron chi connectivity index (χ3n) is 4.81. The smallest absolute Gasteiger partial charge is 0.254 e. The minimum absolute atomic E-state index is 0.0303. The summed E-state index contributed by atoms with van der Waals surface area (Å²) in [5.41, 5.74) is 1.12. The molecule has 0 N–H and O–H groups in total. The van der Waals surface area contributed by atoms with E-state index in [0.717, 1.165) is 18.6 Å². The Hall–Kier alpha value is -2.43. The highest BCUT2D eigenvalue weighted by Gasteiger charge is 2.33. The predicted octanol–water partition coefficient (Wildman–Crippen LogP) is 3.78. The molecule has 0 spiro atoms. The van der Waals surface area contributed by atoms with Crippen molar-refractivity contribution in [3.63, 3.8) is 0 Å². The molecule has 138 valence electrons. The summed E-state index contributed by atoms with van der Waals surface area (Å²) in [6.45, 7) is 6.75. The lowest BCUT2D eigenvalue weighted by atomic mass is 9.92. The maximum Gasteiger partial charge on any atom is 0.254 e. The van der Waals surface area contributed by atoms with Crippen LogP contribution in [0.4, 0.5) is 0 Å². The lowest BCUT2D eigenvalue weighted by molar-refractivity contribution is -0.123. The van der Waals surface area contributed by atoms with Gasteiger partial charge in [0.15, 0.2) is 5.78 Å². The lowest BCUT2D eigenvalue weighted by Crippen LogP contribution is -2.48. The second-order valence-electron chi connectivity index (χ2n) is 7.95. The largest absolute Gasteiger partial charge is 0.361 e. The Labute approximate surface area is 154 Å². The number of aromatic nitrogens is 1. The zero-order chi connectivity index (χ0) is 18.7. The second-order valence-corrected chi connectivity index (χ2v) is 7.95. The van der Waals surface area contributed by atoms with Crippen LogP contribution in [0.15, 0.2) is 40.9 Å². The van der Waals surface area contributed by atoms with Gasteiger partial charge in [-0.2, -0.15) is 0 Å². The molecule has 2 aromatic rings. The van der Waals surface area contributed by atoms with Crippen LogP contribution >= 0.6 is 0 Å². The normalized spacial score (nSPS) is 18.0. The van der Waals surface area contributed by atoms with Gasteiger partial charge in [0.1, 0.15) is 5.76 Å². The molecule has 0 unspecified atom stereocenters. The number of hydrogen-bond acceptors (Lipinski definition) is 4. The molecule has 1 amide bonds. The zero-order valence-electron chi connectivity index (χ0n) is 15.7. The van der Waals surface area contributed by atoms with Gasteiger partial charge in [-0.3, -0.25) is 9.59 Å². The number of rotatable bonds is 4. The van der Waals surface area contributed by atoms with Gasteiger partial charge in [0.25, 0.3) is 5.91 Å². The average Bonchev–Trinajstić information content (AvgIpc) is 3.11. The number of piperidine rings is 1. The van der Waals surface area contributed by atoms with Gasteiger partial charge < -0.3 is 9.42 Å². The third kappa shape index (κ3) is 4.03. The van der Waals surface area contributed by atoms with Crippen LogP contribution < -0.4 is 0 Å². The number of amides is 1. The number of hydrogen-bond donors (Lipinski definition) is 0. The fourth-order valence-corrected chi connectivity index (χ4v) is 3.30. The van der Waals surface area contributed by atoms with Crippen LogP contribution in [-0.4, -0.2) is 34.3 Å². The standard InChI is InChI=1S/C21H26N2O3/c1-21(2,3)19-14-16(22-26-19)13-18(24)17-11-7-8-12-23(17)20(25)15-9-5-4-6-10-15/h4-6,9-10,14,17H,7-8,11-13H2,1-3H3/t17-/m0/s1. The summed E-state index contributed by atoms with van der Waals surface area (Å²) in [5, 5.41) is 4.05.